The molecule has 1 aromatic rings. The van der Waals surface area contributed by atoms with Crippen molar-refractivity contribution in [3.05, 3.63) is 23.8 Å². The topological polar surface area (TPSA) is 23.5 Å². The SMILES string of the molecule is CN(C1C(F)(F)C(F)(F)C(F)(F)C(F)(F)C1(F)F)[Si](C)(C)c1cccc(C(C)(C)C)c1O. The van der Waals surface area contributed by atoms with Crippen LogP contribution in [0.2, 0.25) is 13.1 Å². The molecule has 0 spiro atoms. The molecule has 0 atom stereocenters. The van der Waals surface area contributed by atoms with Gasteiger partial charge in [-0.25, -0.2) is 0 Å². The summed E-state index contributed by atoms with van der Waals surface area (Å²) in [5, 5.41) is 10.5. The highest BCUT2D eigenvalue weighted by Gasteiger charge is 2.96. The van der Waals surface area contributed by atoms with E-state index in [4.69, 9.17) is 0 Å². The Morgan fingerprint density at radius 2 is 1.22 bits per heavy atom. The van der Waals surface area contributed by atoms with E-state index in [9.17, 15) is 49.0 Å². The molecule has 13 heteroatoms. The van der Waals surface area contributed by atoms with E-state index in [0.717, 1.165) is 19.2 Å². The van der Waals surface area contributed by atoms with Crippen molar-refractivity contribution in [3.63, 3.8) is 0 Å². The Morgan fingerprint density at radius 1 is 0.812 bits per heavy atom. The lowest BCUT2D eigenvalue weighted by atomic mass is 9.79. The first kappa shape index (κ1) is 26.7. The molecule has 2 rings (SSSR count). The van der Waals surface area contributed by atoms with E-state index < -0.39 is 55.1 Å². The van der Waals surface area contributed by atoms with Gasteiger partial charge in [0.05, 0.1) is 0 Å². The van der Waals surface area contributed by atoms with Gasteiger partial charge in [0.1, 0.15) is 11.8 Å². The van der Waals surface area contributed by atoms with Crippen LogP contribution in [0.3, 0.4) is 0 Å². The molecule has 1 aromatic carbocycles. The number of nitrogens with zero attached hydrogens (tertiary/aromatic N) is 1. The monoisotopic (exact) mass is 499 g/mol. The van der Waals surface area contributed by atoms with Crippen LogP contribution >= 0.6 is 0 Å². The van der Waals surface area contributed by atoms with Gasteiger partial charge in [-0.3, -0.25) is 0 Å². The van der Waals surface area contributed by atoms with Crippen LogP contribution in [0.15, 0.2) is 18.2 Å². The lowest BCUT2D eigenvalue weighted by Crippen LogP contribution is -2.84. The second kappa shape index (κ2) is 7.00. The van der Waals surface area contributed by atoms with Crippen LogP contribution in [0.25, 0.3) is 0 Å². The zero-order chi connectivity index (χ0) is 25.5. The summed E-state index contributed by atoms with van der Waals surface area (Å²) in [6.07, 6.45) is 0. The van der Waals surface area contributed by atoms with Crippen LogP contribution in [0.1, 0.15) is 26.3 Å². The highest BCUT2D eigenvalue weighted by atomic mass is 28.3. The molecule has 1 aliphatic carbocycles. The maximum Gasteiger partial charge on any atom is 0.384 e. The Hall–Kier alpha value is -1.50. The predicted octanol–water partition coefficient (Wildman–Crippen LogP) is 5.59. The Labute approximate surface area is 179 Å². The molecule has 1 N–H and O–H groups in total. The van der Waals surface area contributed by atoms with Crippen LogP contribution in [0, 0.1) is 0 Å². The number of phenols is 1. The zero-order valence-corrected chi connectivity index (χ0v) is 19.0. The molecule has 0 unspecified atom stereocenters. The quantitative estimate of drug-likeness (QED) is 0.433. The minimum Gasteiger partial charge on any atom is -0.508 e. The molecule has 0 bridgehead atoms. The van der Waals surface area contributed by atoms with Crippen molar-refractivity contribution in [1.29, 1.82) is 0 Å². The van der Waals surface area contributed by atoms with Crippen molar-refractivity contribution < 1.29 is 49.0 Å². The first-order chi connectivity index (χ1) is 13.9. The fourth-order valence-electron chi connectivity index (χ4n) is 3.83. The summed E-state index contributed by atoms with van der Waals surface area (Å²) >= 11 is 0. The standard InChI is InChI=1S/C19H23F10NOSi/c1-14(2,3)10-8-7-9-11(12(10)31)32(5,6)30(4)13-15(20,21)17(24,25)19(28,29)18(26,27)16(13,22)23/h7-9,13,31H,1-6H3. The summed E-state index contributed by atoms with van der Waals surface area (Å²) in [6, 6.07) is -0.306. The van der Waals surface area contributed by atoms with Gasteiger partial charge in [-0.2, -0.15) is 43.9 Å². The molecule has 32 heavy (non-hydrogen) atoms. The Balaban J connectivity index is 2.76. The van der Waals surface area contributed by atoms with Gasteiger partial charge < -0.3 is 9.67 Å². The lowest BCUT2D eigenvalue weighted by molar-refractivity contribution is -0.457. The maximum absolute atomic E-state index is 14.5. The summed E-state index contributed by atoms with van der Waals surface area (Å²) in [7, 11) is -3.59. The molecular formula is C19H23F10NOSi. The van der Waals surface area contributed by atoms with Crippen molar-refractivity contribution in [2.24, 2.45) is 0 Å². The molecule has 0 heterocycles. The van der Waals surface area contributed by atoms with Gasteiger partial charge in [-0.15, -0.1) is 0 Å². The number of phenolic OH excluding ortho intramolecular Hbond substituents is 1. The highest BCUT2D eigenvalue weighted by Crippen LogP contribution is 2.65. The normalized spacial score (nSPS) is 24.5. The number of para-hydroxylation sites is 1. The van der Waals surface area contributed by atoms with E-state index in [1.165, 1.54) is 12.1 Å². The molecule has 2 nitrogen and oxygen atoms in total. The maximum atomic E-state index is 14.5. The number of hydrogen-bond donors (Lipinski definition) is 1. The van der Waals surface area contributed by atoms with Gasteiger partial charge in [0.2, 0.25) is 0 Å². The van der Waals surface area contributed by atoms with E-state index in [0.29, 0.717) is 7.05 Å². The number of alkyl halides is 10. The van der Waals surface area contributed by atoms with E-state index in [1.54, 1.807) is 20.8 Å². The summed E-state index contributed by atoms with van der Waals surface area (Å²) in [5.41, 5.74) is -0.461. The molecule has 0 aromatic heterocycles. The minimum atomic E-state index is -7.01. The average Bonchev–Trinajstić information content (AvgIpc) is 2.58. The molecular weight excluding hydrogens is 476 g/mol. The third-order valence-electron chi connectivity index (χ3n) is 6.08. The summed E-state index contributed by atoms with van der Waals surface area (Å²) in [4.78, 5) is 0. The van der Waals surface area contributed by atoms with Gasteiger partial charge in [-0.05, 0) is 23.2 Å². The van der Waals surface area contributed by atoms with Gasteiger partial charge >= 0.3 is 29.6 Å². The van der Waals surface area contributed by atoms with Gasteiger partial charge in [0, 0.05) is 0 Å². The number of halogens is 10. The lowest BCUT2D eigenvalue weighted by Gasteiger charge is -2.54. The number of benzene rings is 1. The van der Waals surface area contributed by atoms with Crippen LogP contribution in [0.4, 0.5) is 43.9 Å². The van der Waals surface area contributed by atoms with Crippen LogP contribution < -0.4 is 5.19 Å². The van der Waals surface area contributed by atoms with E-state index in [1.807, 2.05) is 0 Å². The molecule has 184 valence electrons. The second-order valence-corrected chi connectivity index (χ2v) is 13.9. The van der Waals surface area contributed by atoms with Crippen molar-refractivity contribution in [2.75, 3.05) is 7.05 Å². The second-order valence-electron chi connectivity index (χ2n) is 9.49. The molecule has 1 saturated carbocycles. The third-order valence-corrected chi connectivity index (χ3v) is 9.83. The van der Waals surface area contributed by atoms with Gasteiger partial charge in [-0.1, -0.05) is 52.1 Å². The van der Waals surface area contributed by atoms with Crippen molar-refractivity contribution >= 4 is 13.4 Å². The largest absolute Gasteiger partial charge is 0.508 e. The Kier molecular flexibility index (Phi) is 5.85. The van der Waals surface area contributed by atoms with Crippen LogP contribution in [-0.2, 0) is 5.41 Å². The van der Waals surface area contributed by atoms with Crippen molar-refractivity contribution in [3.8, 4) is 5.75 Å². The Bertz CT molecular complexity index is 865. The summed E-state index contributed by atoms with van der Waals surface area (Å²) in [6.45, 7) is 7.14. The number of aromatic hydroxyl groups is 1. The zero-order valence-electron chi connectivity index (χ0n) is 18.0. The molecule has 0 aliphatic heterocycles. The predicted molar refractivity (Wildman–Crippen MR) is 100 cm³/mol. The highest BCUT2D eigenvalue weighted by molar-refractivity contribution is 6.88. The molecule has 0 amide bonds. The summed E-state index contributed by atoms with van der Waals surface area (Å²) in [5.74, 6) is -33.5. The fourth-order valence-corrected chi connectivity index (χ4v) is 6.40. The first-order valence-corrected chi connectivity index (χ1v) is 12.3. The molecule has 1 aliphatic rings. The smallest absolute Gasteiger partial charge is 0.384 e. The molecule has 1 fully saturated rings. The minimum absolute atomic E-state index is 0.0778. The molecule has 0 saturated heterocycles. The molecule has 0 radical (unpaired) electrons. The summed E-state index contributed by atoms with van der Waals surface area (Å²) < 4.78 is 141. The van der Waals surface area contributed by atoms with Gasteiger partial charge in [0.25, 0.3) is 0 Å². The fraction of sp³-hybridized carbons (Fsp3) is 0.684. The Morgan fingerprint density at radius 3 is 1.59 bits per heavy atom. The third kappa shape index (κ3) is 3.17. The van der Waals surface area contributed by atoms with Gasteiger partial charge in [0.15, 0.2) is 8.24 Å². The van der Waals surface area contributed by atoms with Crippen molar-refractivity contribution in [2.45, 2.75) is 74.9 Å². The number of hydrogen-bond acceptors (Lipinski definition) is 2. The first-order valence-electron chi connectivity index (χ1n) is 9.36. The number of rotatable bonds is 3. The van der Waals surface area contributed by atoms with Crippen molar-refractivity contribution in [1.82, 2.24) is 4.57 Å². The van der Waals surface area contributed by atoms with Crippen LogP contribution in [-0.4, -0.2) is 60.6 Å². The van der Waals surface area contributed by atoms with E-state index in [2.05, 4.69) is 0 Å². The average molecular weight is 499 g/mol. The van der Waals surface area contributed by atoms with Crippen LogP contribution in [0.5, 0.6) is 5.75 Å². The van der Waals surface area contributed by atoms with E-state index in [-0.39, 0.29) is 15.3 Å². The van der Waals surface area contributed by atoms with E-state index >= 15 is 0 Å².